The highest BCUT2D eigenvalue weighted by Crippen LogP contribution is 2.32. The number of benzene rings is 2. The topological polar surface area (TPSA) is 63.7 Å². The molecule has 0 aliphatic rings. The van der Waals surface area contributed by atoms with Crippen LogP contribution in [0.25, 0.3) is 5.69 Å². The van der Waals surface area contributed by atoms with Gasteiger partial charge in [-0.3, -0.25) is 4.90 Å². The highest BCUT2D eigenvalue weighted by Gasteiger charge is 2.23. The van der Waals surface area contributed by atoms with Gasteiger partial charge in [0.15, 0.2) is 0 Å². The maximum atomic E-state index is 10.7. The molecule has 0 bridgehead atoms. The second kappa shape index (κ2) is 11.9. The van der Waals surface area contributed by atoms with Gasteiger partial charge >= 0.3 is 0 Å². The van der Waals surface area contributed by atoms with Crippen molar-refractivity contribution in [2.45, 2.75) is 59.2 Å². The van der Waals surface area contributed by atoms with E-state index < -0.39 is 6.10 Å². The summed E-state index contributed by atoms with van der Waals surface area (Å²) in [6, 6.07) is 21.9. The molecule has 1 atom stereocenters. The summed E-state index contributed by atoms with van der Waals surface area (Å²) in [4.78, 5) is 2.21. The molecule has 2 heterocycles. The number of hydrogen-bond donors (Lipinski definition) is 1. The van der Waals surface area contributed by atoms with E-state index in [1.54, 1.807) is 6.26 Å². The Morgan fingerprint density at radius 2 is 1.77 bits per heavy atom. The number of furan rings is 1. The van der Waals surface area contributed by atoms with Crippen molar-refractivity contribution in [2.75, 3.05) is 6.54 Å². The number of rotatable bonds is 12. The van der Waals surface area contributed by atoms with Gasteiger partial charge in [-0.2, -0.15) is 5.10 Å². The van der Waals surface area contributed by atoms with Gasteiger partial charge in [-0.25, -0.2) is 4.68 Å². The summed E-state index contributed by atoms with van der Waals surface area (Å²) in [6.07, 6.45) is 4.12. The maximum absolute atomic E-state index is 10.7. The van der Waals surface area contributed by atoms with Gasteiger partial charge in [0.05, 0.1) is 35.9 Å². The Balaban J connectivity index is 1.68. The number of aliphatic hydroxyl groups excluding tert-OH is 1. The molecule has 2 aromatic heterocycles. The van der Waals surface area contributed by atoms with Crippen LogP contribution in [0.2, 0.25) is 0 Å². The fourth-order valence-corrected chi connectivity index (χ4v) is 4.15. The number of hydrogen-bond acceptors (Lipinski definition) is 5. The lowest BCUT2D eigenvalue weighted by Crippen LogP contribution is -2.32. The van der Waals surface area contributed by atoms with Gasteiger partial charge in [0, 0.05) is 13.1 Å². The molecule has 0 unspecified atom stereocenters. The molecule has 184 valence electrons. The molecule has 0 aliphatic heterocycles. The van der Waals surface area contributed by atoms with Crippen LogP contribution in [0.15, 0.2) is 77.4 Å². The van der Waals surface area contributed by atoms with Crippen molar-refractivity contribution in [3.05, 3.63) is 95.6 Å². The zero-order valence-corrected chi connectivity index (χ0v) is 20.9. The Bertz CT molecular complexity index is 1170. The minimum atomic E-state index is -0.407. The first-order valence-electron chi connectivity index (χ1n) is 12.3. The zero-order valence-electron chi connectivity index (χ0n) is 20.9. The SMILES string of the molecule is CCCC[C@@H](O)CN(Cc1ccco1)Cc1c(C)nn(-c2ccccc2)c1Oc1ccc(C)cc1. The van der Waals surface area contributed by atoms with E-state index in [1.165, 1.54) is 5.56 Å². The van der Waals surface area contributed by atoms with Crippen LogP contribution >= 0.6 is 0 Å². The molecule has 35 heavy (non-hydrogen) atoms. The Morgan fingerprint density at radius 3 is 2.46 bits per heavy atom. The Morgan fingerprint density at radius 1 is 1.00 bits per heavy atom. The van der Waals surface area contributed by atoms with Gasteiger partial charge in [0.1, 0.15) is 11.5 Å². The predicted molar refractivity (Wildman–Crippen MR) is 138 cm³/mol. The molecule has 0 fully saturated rings. The molecule has 2 aromatic carbocycles. The summed E-state index contributed by atoms with van der Waals surface area (Å²) in [7, 11) is 0. The van der Waals surface area contributed by atoms with E-state index >= 15 is 0 Å². The van der Waals surface area contributed by atoms with Crippen molar-refractivity contribution in [3.63, 3.8) is 0 Å². The Kier molecular flexibility index (Phi) is 8.40. The predicted octanol–water partition coefficient (Wildman–Crippen LogP) is 6.43. The molecular weight excluding hydrogens is 438 g/mol. The average molecular weight is 474 g/mol. The molecule has 0 radical (unpaired) electrons. The summed E-state index contributed by atoms with van der Waals surface area (Å²) in [5.41, 5.74) is 3.99. The summed E-state index contributed by atoms with van der Waals surface area (Å²) < 4.78 is 14.0. The minimum Gasteiger partial charge on any atom is -0.468 e. The van der Waals surface area contributed by atoms with E-state index in [0.29, 0.717) is 25.5 Å². The Labute approximate surface area is 207 Å². The molecule has 0 aliphatic carbocycles. The quantitative estimate of drug-likeness (QED) is 0.257. The third-order valence-electron chi connectivity index (χ3n) is 6.07. The highest BCUT2D eigenvalue weighted by atomic mass is 16.5. The molecule has 6 heteroatoms. The average Bonchev–Trinajstić information content (AvgIpc) is 3.48. The summed E-state index contributed by atoms with van der Waals surface area (Å²) in [5.74, 6) is 2.31. The second-order valence-corrected chi connectivity index (χ2v) is 9.08. The number of aryl methyl sites for hydroxylation is 2. The normalized spacial score (nSPS) is 12.3. The molecule has 4 rings (SSSR count). The van der Waals surface area contributed by atoms with Gasteiger partial charge in [0.2, 0.25) is 5.88 Å². The van der Waals surface area contributed by atoms with Crippen molar-refractivity contribution in [1.82, 2.24) is 14.7 Å². The van der Waals surface area contributed by atoms with E-state index in [4.69, 9.17) is 14.3 Å². The first kappa shape index (κ1) is 24.8. The fraction of sp³-hybridized carbons (Fsp3) is 0.345. The molecule has 0 saturated heterocycles. The number of nitrogens with zero attached hydrogens (tertiary/aromatic N) is 3. The van der Waals surface area contributed by atoms with Gasteiger partial charge in [-0.15, -0.1) is 0 Å². The van der Waals surface area contributed by atoms with Crippen molar-refractivity contribution >= 4 is 0 Å². The van der Waals surface area contributed by atoms with Crippen LogP contribution < -0.4 is 4.74 Å². The molecule has 0 spiro atoms. The monoisotopic (exact) mass is 473 g/mol. The summed E-state index contributed by atoms with van der Waals surface area (Å²) in [5, 5.41) is 15.6. The largest absolute Gasteiger partial charge is 0.468 e. The number of aliphatic hydroxyl groups is 1. The van der Waals surface area contributed by atoms with Crippen LogP contribution in [0.3, 0.4) is 0 Å². The first-order valence-corrected chi connectivity index (χ1v) is 12.3. The van der Waals surface area contributed by atoms with Crippen molar-refractivity contribution in [1.29, 1.82) is 0 Å². The summed E-state index contributed by atoms with van der Waals surface area (Å²) in [6.45, 7) is 7.92. The zero-order chi connectivity index (χ0) is 24.6. The molecule has 0 amide bonds. The Hall–Kier alpha value is -3.35. The number of unbranched alkanes of at least 4 members (excludes halogenated alkanes) is 1. The van der Waals surface area contributed by atoms with Gasteiger partial charge in [-0.1, -0.05) is 55.7 Å². The number of para-hydroxylation sites is 1. The number of ether oxygens (including phenoxy) is 1. The third kappa shape index (κ3) is 6.62. The summed E-state index contributed by atoms with van der Waals surface area (Å²) >= 11 is 0. The maximum Gasteiger partial charge on any atom is 0.227 e. The van der Waals surface area contributed by atoms with Crippen LogP contribution in [0.4, 0.5) is 0 Å². The van der Waals surface area contributed by atoms with Crippen molar-refractivity contribution in [3.8, 4) is 17.3 Å². The fourth-order valence-electron chi connectivity index (χ4n) is 4.15. The van der Waals surface area contributed by atoms with Crippen LogP contribution in [0.1, 0.15) is 48.8 Å². The van der Waals surface area contributed by atoms with E-state index in [9.17, 15) is 5.11 Å². The standard InChI is InChI=1S/C29H35N3O3/c1-4-5-12-25(33)19-31(20-27-13-9-18-34-27)21-28-23(3)30-32(24-10-7-6-8-11-24)29(28)35-26-16-14-22(2)15-17-26/h6-11,13-18,25,33H,4-5,12,19-21H2,1-3H3/t25-/m1/s1. The first-order chi connectivity index (χ1) is 17.0. The second-order valence-electron chi connectivity index (χ2n) is 9.08. The van der Waals surface area contributed by atoms with Gasteiger partial charge in [-0.05, 0) is 56.7 Å². The third-order valence-corrected chi connectivity index (χ3v) is 6.07. The molecule has 6 nitrogen and oxygen atoms in total. The van der Waals surface area contributed by atoms with Crippen molar-refractivity contribution in [2.24, 2.45) is 0 Å². The van der Waals surface area contributed by atoms with E-state index in [2.05, 4.69) is 18.7 Å². The molecule has 0 saturated carbocycles. The van der Waals surface area contributed by atoms with E-state index in [-0.39, 0.29) is 0 Å². The molecule has 1 N–H and O–H groups in total. The van der Waals surface area contributed by atoms with E-state index in [1.807, 2.05) is 78.3 Å². The molecule has 4 aromatic rings. The van der Waals surface area contributed by atoms with Crippen LogP contribution in [-0.2, 0) is 13.1 Å². The number of aromatic nitrogens is 2. The van der Waals surface area contributed by atoms with Gasteiger partial charge < -0.3 is 14.3 Å². The van der Waals surface area contributed by atoms with Crippen molar-refractivity contribution < 1.29 is 14.3 Å². The lowest BCUT2D eigenvalue weighted by Gasteiger charge is -2.24. The van der Waals surface area contributed by atoms with Gasteiger partial charge in [0.25, 0.3) is 0 Å². The van der Waals surface area contributed by atoms with E-state index in [0.717, 1.165) is 47.7 Å². The van der Waals surface area contributed by atoms with Crippen LogP contribution in [0, 0.1) is 13.8 Å². The minimum absolute atomic E-state index is 0.407. The highest BCUT2D eigenvalue weighted by molar-refractivity contribution is 5.43. The molecular formula is C29H35N3O3. The van der Waals surface area contributed by atoms with Crippen LogP contribution in [-0.4, -0.2) is 32.4 Å². The lowest BCUT2D eigenvalue weighted by atomic mass is 10.1. The van der Waals surface area contributed by atoms with Crippen LogP contribution in [0.5, 0.6) is 11.6 Å². The smallest absolute Gasteiger partial charge is 0.227 e. The lowest BCUT2D eigenvalue weighted by molar-refractivity contribution is 0.0915.